The summed E-state index contributed by atoms with van der Waals surface area (Å²) >= 11 is 0. The number of rotatable bonds is 64. The van der Waals surface area contributed by atoms with Gasteiger partial charge >= 0.3 is 17.9 Å². The van der Waals surface area contributed by atoms with Crippen molar-refractivity contribution >= 4 is 17.9 Å². The average Bonchev–Trinajstić information content (AvgIpc) is 3.49. The highest BCUT2D eigenvalue weighted by molar-refractivity contribution is 5.71. The maximum absolute atomic E-state index is 12.9. The van der Waals surface area contributed by atoms with Gasteiger partial charge in [0.15, 0.2) is 6.10 Å². The van der Waals surface area contributed by atoms with E-state index >= 15 is 0 Å². The second kappa shape index (κ2) is 70.6. The third kappa shape index (κ3) is 68.7. The standard InChI is InChI=1S/C77H132O6/c1-4-7-10-13-16-19-22-25-27-29-31-32-33-34-35-36-37-38-39-40-41-42-43-44-45-46-47-49-50-52-55-58-61-64-67-70-76(79)82-73-74(72-81-75(78)69-66-63-60-57-54-24-21-18-15-12-9-6-3)83-77(80)71-68-65-62-59-56-53-51-48-30-28-26-23-20-17-14-11-8-5-2/h7,10,16,18-19,21,25,27-28,30-32,34-35,37-38,40-41,74H,4-6,8-9,11-15,17,20,22-24,26,29,33,36,39,42-73H2,1-3H3/b10-7-,19-16-,21-18-,27-25-,30-28-,32-31-,35-34-,38-37-,41-40-. The van der Waals surface area contributed by atoms with Crippen LogP contribution in [0.25, 0.3) is 0 Å². The molecule has 6 nitrogen and oxygen atoms in total. The van der Waals surface area contributed by atoms with Crippen LogP contribution in [-0.4, -0.2) is 37.2 Å². The fourth-order valence-electron chi connectivity index (χ4n) is 9.94. The SMILES string of the molecule is CC/C=C\C/C=C\C/C=C\C/C=C\C/C=C\C/C=C\C/C=C\CCCCCCCCCCCCCCCC(=O)OCC(COC(=O)CCCCCCC/C=C\CCCCC)OC(=O)CCCCCCCCC/C=C\CCCCCCCCC. The van der Waals surface area contributed by atoms with E-state index in [1.54, 1.807) is 0 Å². The van der Waals surface area contributed by atoms with Crippen molar-refractivity contribution in [1.82, 2.24) is 0 Å². The van der Waals surface area contributed by atoms with Gasteiger partial charge in [0, 0.05) is 19.3 Å². The molecule has 0 N–H and O–H groups in total. The van der Waals surface area contributed by atoms with E-state index < -0.39 is 6.10 Å². The Morgan fingerprint density at radius 3 is 0.771 bits per heavy atom. The number of hydrogen-bond acceptors (Lipinski definition) is 6. The lowest BCUT2D eigenvalue weighted by Gasteiger charge is -2.18. The lowest BCUT2D eigenvalue weighted by molar-refractivity contribution is -0.167. The highest BCUT2D eigenvalue weighted by Gasteiger charge is 2.19. The van der Waals surface area contributed by atoms with Crippen LogP contribution in [0.4, 0.5) is 0 Å². The minimum atomic E-state index is -0.784. The average molecular weight is 1150 g/mol. The van der Waals surface area contributed by atoms with Crippen LogP contribution in [0.2, 0.25) is 0 Å². The fourth-order valence-corrected chi connectivity index (χ4v) is 9.94. The molecular formula is C77H132O6. The van der Waals surface area contributed by atoms with E-state index in [4.69, 9.17) is 14.2 Å². The molecule has 0 heterocycles. The Balaban J connectivity index is 4.19. The quantitative estimate of drug-likeness (QED) is 0.0261. The summed E-state index contributed by atoms with van der Waals surface area (Å²) in [6.45, 7) is 6.52. The number of unbranched alkanes of at least 4 members (excludes halogenated alkanes) is 35. The van der Waals surface area contributed by atoms with Gasteiger partial charge in [-0.15, -0.1) is 0 Å². The third-order valence-corrected chi connectivity index (χ3v) is 15.2. The van der Waals surface area contributed by atoms with Crippen LogP contribution >= 0.6 is 0 Å². The second-order valence-electron chi connectivity index (χ2n) is 23.4. The lowest BCUT2D eigenvalue weighted by Crippen LogP contribution is -2.30. The van der Waals surface area contributed by atoms with Gasteiger partial charge < -0.3 is 14.2 Å². The van der Waals surface area contributed by atoms with Gasteiger partial charge in [-0.2, -0.15) is 0 Å². The molecule has 1 atom stereocenters. The Morgan fingerprint density at radius 2 is 0.470 bits per heavy atom. The summed E-state index contributed by atoms with van der Waals surface area (Å²) in [7, 11) is 0. The highest BCUT2D eigenvalue weighted by Crippen LogP contribution is 2.17. The molecule has 0 rings (SSSR count). The van der Waals surface area contributed by atoms with E-state index in [2.05, 4.69) is 130 Å². The molecule has 0 amide bonds. The van der Waals surface area contributed by atoms with Gasteiger partial charge in [-0.3, -0.25) is 14.4 Å². The lowest BCUT2D eigenvalue weighted by atomic mass is 10.0. The summed E-state index contributed by atoms with van der Waals surface area (Å²) in [4.78, 5) is 38.4. The Morgan fingerprint density at radius 1 is 0.253 bits per heavy atom. The van der Waals surface area contributed by atoms with Gasteiger partial charge in [0.1, 0.15) is 13.2 Å². The first-order valence-corrected chi connectivity index (χ1v) is 35.4. The van der Waals surface area contributed by atoms with Crippen molar-refractivity contribution in [2.75, 3.05) is 13.2 Å². The zero-order chi connectivity index (χ0) is 59.9. The van der Waals surface area contributed by atoms with Crippen LogP contribution in [0, 0.1) is 0 Å². The normalized spacial score (nSPS) is 12.8. The highest BCUT2D eigenvalue weighted by atomic mass is 16.6. The van der Waals surface area contributed by atoms with Crippen LogP contribution in [0.3, 0.4) is 0 Å². The number of ether oxygens (including phenoxy) is 3. The van der Waals surface area contributed by atoms with Crippen LogP contribution in [0.5, 0.6) is 0 Å². The molecule has 0 saturated heterocycles. The van der Waals surface area contributed by atoms with E-state index in [-0.39, 0.29) is 31.1 Å². The molecular weight excluding hydrogens is 1020 g/mol. The van der Waals surface area contributed by atoms with Crippen molar-refractivity contribution < 1.29 is 28.6 Å². The summed E-state index contributed by atoms with van der Waals surface area (Å²) in [5.41, 5.74) is 0. The van der Waals surface area contributed by atoms with Crippen molar-refractivity contribution in [2.24, 2.45) is 0 Å². The summed E-state index contributed by atoms with van der Waals surface area (Å²) in [6, 6.07) is 0. The molecule has 0 aromatic carbocycles. The molecule has 0 aliphatic carbocycles. The van der Waals surface area contributed by atoms with E-state index in [9.17, 15) is 14.4 Å². The monoisotopic (exact) mass is 1150 g/mol. The van der Waals surface area contributed by atoms with Gasteiger partial charge in [-0.05, 0) is 128 Å². The molecule has 0 bridgehead atoms. The Hall–Kier alpha value is -3.93. The molecule has 0 fully saturated rings. The summed E-state index contributed by atoms with van der Waals surface area (Å²) in [5, 5.41) is 0. The van der Waals surface area contributed by atoms with E-state index in [1.807, 2.05) is 0 Å². The third-order valence-electron chi connectivity index (χ3n) is 15.2. The van der Waals surface area contributed by atoms with Crippen molar-refractivity contribution in [3.8, 4) is 0 Å². The largest absolute Gasteiger partial charge is 0.462 e. The first-order valence-electron chi connectivity index (χ1n) is 35.4. The topological polar surface area (TPSA) is 78.9 Å². The summed E-state index contributed by atoms with van der Waals surface area (Å²) < 4.78 is 16.9. The number of esters is 3. The summed E-state index contributed by atoms with van der Waals surface area (Å²) in [6.07, 6.45) is 96.9. The van der Waals surface area contributed by atoms with Gasteiger partial charge in [0.2, 0.25) is 0 Å². The predicted octanol–water partition coefficient (Wildman–Crippen LogP) is 24.6. The Labute approximate surface area is 514 Å². The molecule has 0 radical (unpaired) electrons. The molecule has 1 unspecified atom stereocenters. The molecule has 0 aliphatic heterocycles. The van der Waals surface area contributed by atoms with Crippen molar-refractivity contribution in [2.45, 2.75) is 348 Å². The molecule has 0 aromatic heterocycles. The van der Waals surface area contributed by atoms with Gasteiger partial charge in [0.05, 0.1) is 0 Å². The number of carbonyl (C=O) groups excluding carboxylic acids is 3. The van der Waals surface area contributed by atoms with Gasteiger partial charge in [-0.25, -0.2) is 0 Å². The molecule has 0 aliphatic rings. The van der Waals surface area contributed by atoms with Crippen LogP contribution in [0.15, 0.2) is 109 Å². The minimum absolute atomic E-state index is 0.0805. The molecule has 0 aromatic rings. The molecule has 6 heteroatoms. The Bertz CT molecular complexity index is 1660. The smallest absolute Gasteiger partial charge is 0.306 e. The van der Waals surface area contributed by atoms with E-state index in [0.717, 1.165) is 109 Å². The van der Waals surface area contributed by atoms with Crippen molar-refractivity contribution in [3.05, 3.63) is 109 Å². The minimum Gasteiger partial charge on any atom is -0.462 e. The molecule has 83 heavy (non-hydrogen) atoms. The molecule has 0 spiro atoms. The summed E-state index contributed by atoms with van der Waals surface area (Å²) in [5.74, 6) is -0.882. The first-order chi connectivity index (χ1) is 41.0. The zero-order valence-corrected chi connectivity index (χ0v) is 54.7. The van der Waals surface area contributed by atoms with E-state index in [1.165, 1.54) is 193 Å². The van der Waals surface area contributed by atoms with Crippen molar-refractivity contribution in [3.63, 3.8) is 0 Å². The Kier molecular flexibility index (Phi) is 67.2. The van der Waals surface area contributed by atoms with Crippen LogP contribution in [-0.2, 0) is 28.6 Å². The second-order valence-corrected chi connectivity index (χ2v) is 23.4. The van der Waals surface area contributed by atoms with E-state index in [0.29, 0.717) is 19.3 Å². The maximum Gasteiger partial charge on any atom is 0.306 e. The number of allylic oxidation sites excluding steroid dienone is 18. The fraction of sp³-hybridized carbons (Fsp3) is 0.727. The van der Waals surface area contributed by atoms with Crippen LogP contribution in [0.1, 0.15) is 342 Å². The predicted molar refractivity (Wildman–Crippen MR) is 362 cm³/mol. The van der Waals surface area contributed by atoms with Crippen LogP contribution < -0.4 is 0 Å². The van der Waals surface area contributed by atoms with Gasteiger partial charge in [0.25, 0.3) is 0 Å². The van der Waals surface area contributed by atoms with Crippen molar-refractivity contribution in [1.29, 1.82) is 0 Å². The van der Waals surface area contributed by atoms with Gasteiger partial charge in [-0.1, -0.05) is 304 Å². The first kappa shape index (κ1) is 79.1. The zero-order valence-electron chi connectivity index (χ0n) is 54.7. The number of carbonyl (C=O) groups is 3. The number of hydrogen-bond donors (Lipinski definition) is 0. The molecule has 0 saturated carbocycles. The maximum atomic E-state index is 12.9. The molecule has 476 valence electrons.